The Kier molecular flexibility index (Phi) is 3.47. The van der Waals surface area contributed by atoms with Crippen LogP contribution in [0.5, 0.6) is 0 Å². The van der Waals surface area contributed by atoms with Crippen LogP contribution < -0.4 is 0 Å². The van der Waals surface area contributed by atoms with Crippen LogP contribution in [0.25, 0.3) is 11.4 Å². The van der Waals surface area contributed by atoms with Crippen molar-refractivity contribution in [3.63, 3.8) is 0 Å². The van der Waals surface area contributed by atoms with Gasteiger partial charge >= 0.3 is 0 Å². The molecule has 0 saturated heterocycles. The summed E-state index contributed by atoms with van der Waals surface area (Å²) >= 11 is 6.08. The van der Waals surface area contributed by atoms with Crippen molar-refractivity contribution in [1.82, 2.24) is 9.97 Å². The summed E-state index contributed by atoms with van der Waals surface area (Å²) in [5.74, 6) is 0.802. The number of halogens is 2. The summed E-state index contributed by atoms with van der Waals surface area (Å²) in [6.45, 7) is 0. The van der Waals surface area contributed by atoms with E-state index in [1.54, 1.807) is 12.1 Å². The molecule has 1 saturated carbocycles. The maximum Gasteiger partial charge on any atom is 0.161 e. The van der Waals surface area contributed by atoms with Gasteiger partial charge in [-0.25, -0.2) is 14.4 Å². The van der Waals surface area contributed by atoms with Gasteiger partial charge in [-0.05, 0) is 43.2 Å². The third kappa shape index (κ3) is 2.76. The van der Waals surface area contributed by atoms with Gasteiger partial charge in [0.1, 0.15) is 11.0 Å². The second-order valence-corrected chi connectivity index (χ2v) is 5.31. The van der Waals surface area contributed by atoms with Crippen molar-refractivity contribution >= 4 is 11.6 Å². The molecule has 0 bridgehead atoms. The molecule has 0 radical (unpaired) electrons. The normalized spacial score (nSPS) is 15.9. The molecule has 2 nitrogen and oxygen atoms in total. The fraction of sp³-hybridized carbons (Fsp3) is 0.333. The minimum atomic E-state index is -0.262. The molecule has 3 rings (SSSR count). The molecule has 98 valence electrons. The van der Waals surface area contributed by atoms with Crippen molar-refractivity contribution < 1.29 is 4.39 Å². The predicted molar refractivity (Wildman–Crippen MR) is 73.6 cm³/mol. The van der Waals surface area contributed by atoms with Crippen LogP contribution in [-0.4, -0.2) is 9.97 Å². The van der Waals surface area contributed by atoms with E-state index in [1.807, 2.05) is 6.07 Å². The third-order valence-electron chi connectivity index (χ3n) is 3.59. The standard InChI is InChI=1S/C15H14ClFN2/c16-14-9-13(10-3-1-2-4-10)18-15(19-14)11-5-7-12(17)8-6-11/h5-10H,1-4H2. The van der Waals surface area contributed by atoms with Gasteiger partial charge in [0.25, 0.3) is 0 Å². The van der Waals surface area contributed by atoms with Crippen molar-refractivity contribution in [3.05, 3.63) is 47.0 Å². The summed E-state index contributed by atoms with van der Waals surface area (Å²) in [6, 6.07) is 8.03. The number of hydrogen-bond acceptors (Lipinski definition) is 2. The molecule has 1 aliphatic rings. The molecule has 0 spiro atoms. The molecule has 0 unspecified atom stereocenters. The summed E-state index contributed by atoms with van der Waals surface area (Å²) in [4.78, 5) is 8.83. The second-order valence-electron chi connectivity index (χ2n) is 4.93. The molecule has 4 heteroatoms. The Hall–Kier alpha value is -1.48. The van der Waals surface area contributed by atoms with Crippen LogP contribution in [0.15, 0.2) is 30.3 Å². The van der Waals surface area contributed by atoms with Gasteiger partial charge in [-0.1, -0.05) is 24.4 Å². The first-order valence-corrected chi connectivity index (χ1v) is 6.90. The number of benzene rings is 1. The van der Waals surface area contributed by atoms with E-state index in [4.69, 9.17) is 11.6 Å². The summed E-state index contributed by atoms with van der Waals surface area (Å²) < 4.78 is 12.9. The molecule has 1 aromatic heterocycles. The SMILES string of the molecule is Fc1ccc(-c2nc(Cl)cc(C3CCCC3)n2)cc1. The highest BCUT2D eigenvalue weighted by molar-refractivity contribution is 6.29. The van der Waals surface area contributed by atoms with E-state index in [0.717, 1.165) is 24.1 Å². The average Bonchev–Trinajstić information content (AvgIpc) is 2.93. The molecule has 0 aliphatic heterocycles. The Morgan fingerprint density at radius 3 is 2.42 bits per heavy atom. The van der Waals surface area contributed by atoms with E-state index in [-0.39, 0.29) is 5.82 Å². The number of nitrogens with zero attached hydrogens (tertiary/aromatic N) is 2. The topological polar surface area (TPSA) is 25.8 Å². The zero-order chi connectivity index (χ0) is 13.2. The maximum absolute atomic E-state index is 12.9. The minimum absolute atomic E-state index is 0.262. The molecule has 0 N–H and O–H groups in total. The molecule has 1 heterocycles. The minimum Gasteiger partial charge on any atom is -0.233 e. The second kappa shape index (κ2) is 5.25. The van der Waals surface area contributed by atoms with Crippen LogP contribution in [0, 0.1) is 5.82 Å². The van der Waals surface area contributed by atoms with Gasteiger partial charge in [0.15, 0.2) is 5.82 Å². The first kappa shape index (κ1) is 12.5. The monoisotopic (exact) mass is 276 g/mol. The number of aromatic nitrogens is 2. The lowest BCUT2D eigenvalue weighted by atomic mass is 10.0. The van der Waals surface area contributed by atoms with E-state index < -0.39 is 0 Å². The van der Waals surface area contributed by atoms with Gasteiger partial charge in [-0.3, -0.25) is 0 Å². The fourth-order valence-corrected chi connectivity index (χ4v) is 2.79. The summed E-state index contributed by atoms with van der Waals surface area (Å²) in [5.41, 5.74) is 1.81. The lowest BCUT2D eigenvalue weighted by molar-refractivity contribution is 0.628. The number of hydrogen-bond donors (Lipinski definition) is 0. The van der Waals surface area contributed by atoms with Crippen LogP contribution >= 0.6 is 11.6 Å². The van der Waals surface area contributed by atoms with Crippen LogP contribution in [0.2, 0.25) is 5.15 Å². The Balaban J connectivity index is 1.99. The van der Waals surface area contributed by atoms with Gasteiger partial charge < -0.3 is 0 Å². The Bertz CT molecular complexity index is 577. The molecule has 19 heavy (non-hydrogen) atoms. The Morgan fingerprint density at radius 2 is 1.74 bits per heavy atom. The lowest BCUT2D eigenvalue weighted by Crippen LogP contribution is -2.00. The highest BCUT2D eigenvalue weighted by Gasteiger charge is 2.20. The molecular formula is C15H14ClFN2. The summed E-state index contributed by atoms with van der Waals surface area (Å²) in [6.07, 6.45) is 4.82. The molecule has 0 amide bonds. The highest BCUT2D eigenvalue weighted by atomic mass is 35.5. The zero-order valence-electron chi connectivity index (χ0n) is 10.4. The van der Waals surface area contributed by atoms with Gasteiger partial charge in [0.05, 0.1) is 0 Å². The van der Waals surface area contributed by atoms with E-state index >= 15 is 0 Å². The van der Waals surface area contributed by atoms with Crippen LogP contribution in [0.1, 0.15) is 37.3 Å². The first-order valence-electron chi connectivity index (χ1n) is 6.53. The van der Waals surface area contributed by atoms with Crippen molar-refractivity contribution in [2.24, 2.45) is 0 Å². The van der Waals surface area contributed by atoms with Gasteiger partial charge in [0.2, 0.25) is 0 Å². The molecule has 1 aromatic carbocycles. The van der Waals surface area contributed by atoms with E-state index in [9.17, 15) is 4.39 Å². The molecule has 1 fully saturated rings. The van der Waals surface area contributed by atoms with Gasteiger partial charge in [-0.15, -0.1) is 0 Å². The van der Waals surface area contributed by atoms with Gasteiger partial charge in [-0.2, -0.15) is 0 Å². The van der Waals surface area contributed by atoms with Crippen LogP contribution in [0.3, 0.4) is 0 Å². The zero-order valence-corrected chi connectivity index (χ0v) is 11.2. The molecule has 0 atom stereocenters. The number of rotatable bonds is 2. The Labute approximate surface area is 116 Å². The summed E-state index contributed by atoms with van der Waals surface area (Å²) in [7, 11) is 0. The summed E-state index contributed by atoms with van der Waals surface area (Å²) in [5, 5.41) is 0.455. The highest BCUT2D eigenvalue weighted by Crippen LogP contribution is 2.34. The van der Waals surface area contributed by atoms with E-state index in [2.05, 4.69) is 9.97 Å². The van der Waals surface area contributed by atoms with E-state index in [1.165, 1.54) is 25.0 Å². The average molecular weight is 277 g/mol. The van der Waals surface area contributed by atoms with Crippen LogP contribution in [0.4, 0.5) is 4.39 Å². The molecule has 2 aromatic rings. The van der Waals surface area contributed by atoms with Gasteiger partial charge in [0, 0.05) is 17.2 Å². The lowest BCUT2D eigenvalue weighted by Gasteiger charge is -2.10. The van der Waals surface area contributed by atoms with Crippen molar-refractivity contribution in [1.29, 1.82) is 0 Å². The van der Waals surface area contributed by atoms with Crippen LogP contribution in [-0.2, 0) is 0 Å². The smallest absolute Gasteiger partial charge is 0.161 e. The van der Waals surface area contributed by atoms with Crippen molar-refractivity contribution in [3.8, 4) is 11.4 Å². The largest absolute Gasteiger partial charge is 0.233 e. The molecular weight excluding hydrogens is 263 g/mol. The Morgan fingerprint density at radius 1 is 1.05 bits per heavy atom. The third-order valence-corrected chi connectivity index (χ3v) is 3.78. The first-order chi connectivity index (χ1) is 9.22. The quantitative estimate of drug-likeness (QED) is 0.750. The van der Waals surface area contributed by atoms with E-state index in [0.29, 0.717) is 16.9 Å². The molecule has 1 aliphatic carbocycles. The van der Waals surface area contributed by atoms with Crippen molar-refractivity contribution in [2.75, 3.05) is 0 Å². The van der Waals surface area contributed by atoms with Crippen molar-refractivity contribution in [2.45, 2.75) is 31.6 Å². The maximum atomic E-state index is 12.9. The fourth-order valence-electron chi connectivity index (χ4n) is 2.59. The predicted octanol–water partition coefficient (Wildman–Crippen LogP) is 4.59.